The van der Waals surface area contributed by atoms with Crippen molar-refractivity contribution >= 4 is 39.8 Å². The molecule has 0 saturated heterocycles. The molecule has 0 unspecified atom stereocenters. The van der Waals surface area contributed by atoms with E-state index < -0.39 is 0 Å². The summed E-state index contributed by atoms with van der Waals surface area (Å²) in [6.07, 6.45) is 0.799. The van der Waals surface area contributed by atoms with Crippen molar-refractivity contribution in [2.24, 2.45) is 0 Å². The van der Waals surface area contributed by atoms with Gasteiger partial charge in [0.05, 0.1) is 4.88 Å². The summed E-state index contributed by atoms with van der Waals surface area (Å²) in [6, 6.07) is 18.7. The van der Waals surface area contributed by atoms with Crippen LogP contribution in [0.3, 0.4) is 0 Å². The Hall–Kier alpha value is -2.64. The topological polar surface area (TPSA) is 68.0 Å². The Morgan fingerprint density at radius 3 is 2.90 bits per heavy atom. The lowest BCUT2D eigenvalue weighted by molar-refractivity contribution is -0.121. The lowest BCUT2D eigenvalue weighted by atomic mass is 10.1. The van der Waals surface area contributed by atoms with Gasteiger partial charge in [-0.3, -0.25) is 4.79 Å². The maximum Gasteiger partial charge on any atom is 0.227 e. The highest BCUT2D eigenvalue weighted by atomic mass is 32.2. The molecule has 1 N–H and O–H groups in total. The molecule has 2 aromatic carbocycles. The Morgan fingerprint density at radius 2 is 2.00 bits per heavy atom. The van der Waals surface area contributed by atoms with Gasteiger partial charge in [-0.05, 0) is 27.8 Å². The SMILES string of the molecule is O=C(CCc1nc(-c2cccs2)no1)NCCSCc1cccc2ccccc12. The lowest BCUT2D eigenvalue weighted by Gasteiger charge is -2.07. The first-order valence-corrected chi connectivity index (χ1v) is 11.5. The highest BCUT2D eigenvalue weighted by Crippen LogP contribution is 2.23. The number of benzene rings is 2. The number of nitrogens with one attached hydrogen (secondary N) is 1. The molecular formula is C22H21N3O2S2. The number of aromatic nitrogens is 2. The number of nitrogens with zero attached hydrogens (tertiary/aromatic N) is 2. The molecule has 0 aliphatic heterocycles. The van der Waals surface area contributed by atoms with Crippen molar-refractivity contribution in [1.82, 2.24) is 15.5 Å². The molecule has 0 bridgehead atoms. The first-order chi connectivity index (χ1) is 14.3. The van der Waals surface area contributed by atoms with Gasteiger partial charge in [-0.15, -0.1) is 11.3 Å². The number of hydrogen-bond donors (Lipinski definition) is 1. The van der Waals surface area contributed by atoms with Crippen molar-refractivity contribution in [3.63, 3.8) is 0 Å². The highest BCUT2D eigenvalue weighted by molar-refractivity contribution is 7.98. The van der Waals surface area contributed by atoms with E-state index >= 15 is 0 Å². The third-order valence-corrected chi connectivity index (χ3v) is 6.36. The molecule has 0 radical (unpaired) electrons. The van der Waals surface area contributed by atoms with Crippen LogP contribution in [0.5, 0.6) is 0 Å². The maximum atomic E-state index is 12.1. The van der Waals surface area contributed by atoms with Gasteiger partial charge in [0, 0.05) is 30.9 Å². The first kappa shape index (κ1) is 19.7. The van der Waals surface area contributed by atoms with Gasteiger partial charge in [0.2, 0.25) is 17.6 Å². The van der Waals surface area contributed by atoms with E-state index in [1.54, 1.807) is 11.3 Å². The van der Waals surface area contributed by atoms with Crippen LogP contribution in [0.15, 0.2) is 64.5 Å². The van der Waals surface area contributed by atoms with Gasteiger partial charge in [0.25, 0.3) is 0 Å². The van der Waals surface area contributed by atoms with Crippen LogP contribution < -0.4 is 5.32 Å². The van der Waals surface area contributed by atoms with E-state index in [0.29, 0.717) is 31.1 Å². The van der Waals surface area contributed by atoms with Gasteiger partial charge in [-0.2, -0.15) is 16.7 Å². The Morgan fingerprint density at radius 1 is 1.10 bits per heavy atom. The molecule has 0 atom stereocenters. The number of thiophene rings is 1. The molecule has 4 rings (SSSR count). The van der Waals surface area contributed by atoms with E-state index in [9.17, 15) is 4.79 Å². The molecule has 148 valence electrons. The second-order valence-corrected chi connectivity index (χ2v) is 8.58. The molecule has 1 amide bonds. The summed E-state index contributed by atoms with van der Waals surface area (Å²) in [5.41, 5.74) is 1.33. The minimum absolute atomic E-state index is 0.00614. The fourth-order valence-electron chi connectivity index (χ4n) is 3.03. The summed E-state index contributed by atoms with van der Waals surface area (Å²) >= 11 is 3.39. The molecule has 0 spiro atoms. The molecule has 7 heteroatoms. The van der Waals surface area contributed by atoms with E-state index in [1.165, 1.54) is 16.3 Å². The monoisotopic (exact) mass is 423 g/mol. The normalized spacial score (nSPS) is 11.0. The zero-order chi connectivity index (χ0) is 19.9. The van der Waals surface area contributed by atoms with Gasteiger partial charge >= 0.3 is 0 Å². The molecule has 0 saturated carbocycles. The quantitative estimate of drug-likeness (QED) is 0.387. The molecule has 0 fully saturated rings. The van der Waals surface area contributed by atoms with E-state index in [0.717, 1.165) is 16.4 Å². The predicted octanol–water partition coefficient (Wildman–Crippen LogP) is 4.93. The van der Waals surface area contributed by atoms with E-state index in [1.807, 2.05) is 29.3 Å². The number of fused-ring (bicyclic) bond motifs is 1. The average molecular weight is 424 g/mol. The molecule has 5 nitrogen and oxygen atoms in total. The molecule has 0 aliphatic rings. The van der Waals surface area contributed by atoms with Crippen molar-refractivity contribution in [3.8, 4) is 10.7 Å². The molecule has 0 aliphatic carbocycles. The summed E-state index contributed by atoms with van der Waals surface area (Å²) in [6.45, 7) is 0.651. The fraction of sp³-hybridized carbons (Fsp3) is 0.227. The number of amides is 1. The number of aryl methyl sites for hydroxylation is 1. The number of thioether (sulfide) groups is 1. The molecule has 4 aromatic rings. The summed E-state index contributed by atoms with van der Waals surface area (Å²) in [5, 5.41) is 11.5. The number of carbonyl (C=O) groups is 1. The zero-order valence-electron chi connectivity index (χ0n) is 15.8. The number of rotatable bonds is 9. The van der Waals surface area contributed by atoms with Crippen LogP contribution in [-0.4, -0.2) is 28.3 Å². The van der Waals surface area contributed by atoms with Gasteiger partial charge in [-0.25, -0.2) is 0 Å². The predicted molar refractivity (Wildman–Crippen MR) is 119 cm³/mol. The Kier molecular flexibility index (Phi) is 6.59. The molecular weight excluding hydrogens is 402 g/mol. The van der Waals surface area contributed by atoms with Crippen molar-refractivity contribution in [1.29, 1.82) is 0 Å². The molecule has 2 aromatic heterocycles. The molecule has 29 heavy (non-hydrogen) atoms. The third kappa shape index (κ3) is 5.25. The van der Waals surface area contributed by atoms with Gasteiger partial charge in [0.1, 0.15) is 0 Å². The standard InChI is InChI=1S/C22H21N3O2S2/c26-20(10-11-21-24-22(25-27-21)19-9-4-13-29-19)23-12-14-28-15-17-7-3-6-16-5-1-2-8-18(16)17/h1-9,13H,10-12,14-15H2,(H,23,26). The minimum Gasteiger partial charge on any atom is -0.355 e. The summed E-state index contributed by atoms with van der Waals surface area (Å²) in [4.78, 5) is 17.4. The van der Waals surface area contributed by atoms with Crippen LogP contribution in [-0.2, 0) is 17.0 Å². The fourth-order valence-corrected chi connectivity index (χ4v) is 4.55. The average Bonchev–Trinajstić information content (AvgIpc) is 3.44. The van der Waals surface area contributed by atoms with E-state index in [4.69, 9.17) is 4.52 Å². The Balaban J connectivity index is 1.16. The highest BCUT2D eigenvalue weighted by Gasteiger charge is 2.11. The van der Waals surface area contributed by atoms with E-state index in [2.05, 4.69) is 57.9 Å². The van der Waals surface area contributed by atoms with Gasteiger partial charge < -0.3 is 9.84 Å². The second kappa shape index (κ2) is 9.71. The smallest absolute Gasteiger partial charge is 0.227 e. The van der Waals surface area contributed by atoms with Crippen LogP contribution >= 0.6 is 23.1 Å². The van der Waals surface area contributed by atoms with Gasteiger partial charge in [-0.1, -0.05) is 53.7 Å². The van der Waals surface area contributed by atoms with E-state index in [-0.39, 0.29) is 5.91 Å². The van der Waals surface area contributed by atoms with Crippen molar-refractivity contribution in [3.05, 3.63) is 71.4 Å². The number of carbonyl (C=O) groups excluding carboxylic acids is 1. The summed E-state index contributed by atoms with van der Waals surface area (Å²) in [5.74, 6) is 2.89. The largest absolute Gasteiger partial charge is 0.355 e. The number of hydrogen-bond acceptors (Lipinski definition) is 6. The van der Waals surface area contributed by atoms with Crippen LogP contribution in [0.2, 0.25) is 0 Å². The third-order valence-electron chi connectivity index (χ3n) is 4.48. The lowest BCUT2D eigenvalue weighted by Crippen LogP contribution is -2.26. The Labute approximate surface area is 177 Å². The van der Waals surface area contributed by atoms with Crippen LogP contribution in [0.1, 0.15) is 17.9 Å². The van der Waals surface area contributed by atoms with Crippen molar-refractivity contribution in [2.75, 3.05) is 12.3 Å². The van der Waals surface area contributed by atoms with Crippen molar-refractivity contribution < 1.29 is 9.32 Å². The maximum absolute atomic E-state index is 12.1. The summed E-state index contributed by atoms with van der Waals surface area (Å²) < 4.78 is 5.23. The van der Waals surface area contributed by atoms with Crippen LogP contribution in [0.25, 0.3) is 21.5 Å². The Bertz CT molecular complexity index is 1070. The zero-order valence-corrected chi connectivity index (χ0v) is 17.5. The summed E-state index contributed by atoms with van der Waals surface area (Å²) in [7, 11) is 0. The minimum atomic E-state index is 0.00614. The second-order valence-electron chi connectivity index (χ2n) is 6.53. The molecule has 2 heterocycles. The van der Waals surface area contributed by atoms with Crippen LogP contribution in [0.4, 0.5) is 0 Å². The van der Waals surface area contributed by atoms with Crippen LogP contribution in [0, 0.1) is 0 Å². The first-order valence-electron chi connectivity index (χ1n) is 9.47. The van der Waals surface area contributed by atoms with Gasteiger partial charge in [0.15, 0.2) is 0 Å². The van der Waals surface area contributed by atoms with Crippen molar-refractivity contribution in [2.45, 2.75) is 18.6 Å².